The smallest absolute Gasteiger partial charge is 0.303 e. The van der Waals surface area contributed by atoms with Crippen LogP contribution in [-0.4, -0.2) is 125 Å². The molecule has 2 heterocycles. The van der Waals surface area contributed by atoms with Crippen molar-refractivity contribution in [3.63, 3.8) is 0 Å². The van der Waals surface area contributed by atoms with Crippen molar-refractivity contribution in [3.05, 3.63) is 0 Å². The largest absolute Gasteiger partial charge is 0.456 e. The lowest BCUT2D eigenvalue weighted by atomic mass is 9.97. The molecule has 0 amide bonds. The quantitative estimate of drug-likeness (QED) is 0.196. The van der Waals surface area contributed by atoms with E-state index in [9.17, 15) is 28.8 Å². The second-order valence-electron chi connectivity index (χ2n) is 9.54. The molecule has 0 aliphatic carbocycles. The molecule has 0 aromatic rings. The van der Waals surface area contributed by atoms with E-state index in [-0.39, 0.29) is 13.2 Å². The monoisotopic (exact) mass is 622 g/mol. The van der Waals surface area contributed by atoms with E-state index in [0.29, 0.717) is 0 Å². The Morgan fingerprint density at radius 3 is 0.953 bits per heavy atom. The summed E-state index contributed by atoms with van der Waals surface area (Å²) in [5.41, 5.74) is 0. The third kappa shape index (κ3) is 10.4. The van der Waals surface area contributed by atoms with Crippen LogP contribution in [0.3, 0.4) is 0 Å². The lowest BCUT2D eigenvalue weighted by molar-refractivity contribution is -0.313. The fourth-order valence-corrected chi connectivity index (χ4v) is 4.66. The summed E-state index contributed by atoms with van der Waals surface area (Å²) < 4.78 is 60.2. The van der Waals surface area contributed by atoms with Crippen molar-refractivity contribution in [2.75, 3.05) is 27.4 Å². The average Bonchev–Trinajstić information content (AvgIpc) is 2.88. The van der Waals surface area contributed by atoms with Gasteiger partial charge in [-0.25, -0.2) is 0 Å². The van der Waals surface area contributed by atoms with Gasteiger partial charge in [0.1, 0.15) is 12.2 Å². The summed E-state index contributed by atoms with van der Waals surface area (Å²) >= 11 is 0. The van der Waals surface area contributed by atoms with E-state index in [1.807, 2.05) is 0 Å². The van der Waals surface area contributed by atoms with Crippen molar-refractivity contribution in [2.24, 2.45) is 0 Å². The van der Waals surface area contributed by atoms with Crippen LogP contribution in [-0.2, 0) is 80.9 Å². The first-order valence-electron chi connectivity index (χ1n) is 13.2. The first-order valence-corrected chi connectivity index (χ1v) is 13.2. The average molecular weight is 623 g/mol. The van der Waals surface area contributed by atoms with Gasteiger partial charge in [-0.2, -0.15) is 0 Å². The van der Waals surface area contributed by atoms with Crippen molar-refractivity contribution in [1.29, 1.82) is 0 Å². The number of hydrogen-bond donors (Lipinski definition) is 0. The SMILES string of the molecule is CO[C@H]1O[C@H](COC[C@H]2O[C@H](OC)[C@H](OC(C)=O)[C@@H](OC(C)=O)[C@@H]2OC(C)=O)[C@@H](OC(C)=O)[C@H](OC(C)=O)[C@H]1OC(C)=O. The minimum absolute atomic E-state index is 0.349. The predicted octanol–water partition coefficient (Wildman–Crippen LogP) is -0.664. The van der Waals surface area contributed by atoms with E-state index >= 15 is 0 Å². The number of methoxy groups -OCH3 is 2. The Kier molecular flexibility index (Phi) is 13.7. The van der Waals surface area contributed by atoms with E-state index in [2.05, 4.69) is 0 Å². The van der Waals surface area contributed by atoms with Gasteiger partial charge in [0.2, 0.25) is 0 Å². The maximum Gasteiger partial charge on any atom is 0.303 e. The number of ether oxygens (including phenoxy) is 11. The van der Waals surface area contributed by atoms with E-state index in [4.69, 9.17) is 52.1 Å². The van der Waals surface area contributed by atoms with Crippen LogP contribution < -0.4 is 0 Å². The fourth-order valence-electron chi connectivity index (χ4n) is 4.66. The van der Waals surface area contributed by atoms with Crippen LogP contribution >= 0.6 is 0 Å². The summed E-state index contributed by atoms with van der Waals surface area (Å²) in [6, 6.07) is 0. The second kappa shape index (κ2) is 16.5. The van der Waals surface area contributed by atoms with Crippen LogP contribution in [0.15, 0.2) is 0 Å². The maximum atomic E-state index is 12.0. The molecule has 10 atom stereocenters. The Hall–Kier alpha value is -3.38. The highest BCUT2D eigenvalue weighted by atomic mass is 16.7. The lowest BCUT2D eigenvalue weighted by Gasteiger charge is -2.45. The van der Waals surface area contributed by atoms with Gasteiger partial charge in [-0.05, 0) is 0 Å². The molecule has 2 fully saturated rings. The predicted molar refractivity (Wildman–Crippen MR) is 135 cm³/mol. The lowest BCUT2D eigenvalue weighted by Crippen LogP contribution is -2.63. The van der Waals surface area contributed by atoms with Crippen molar-refractivity contribution in [1.82, 2.24) is 0 Å². The van der Waals surface area contributed by atoms with Crippen LogP contribution in [0.2, 0.25) is 0 Å². The molecule has 17 heteroatoms. The van der Waals surface area contributed by atoms with Gasteiger partial charge in [-0.3, -0.25) is 28.8 Å². The van der Waals surface area contributed by atoms with E-state index in [0.717, 1.165) is 41.5 Å². The normalized spacial score (nSPS) is 32.1. The van der Waals surface area contributed by atoms with Crippen LogP contribution in [0.1, 0.15) is 41.5 Å². The van der Waals surface area contributed by atoms with E-state index in [1.165, 1.54) is 14.2 Å². The molecule has 2 rings (SSSR count). The van der Waals surface area contributed by atoms with Crippen molar-refractivity contribution in [2.45, 2.75) is 103 Å². The van der Waals surface area contributed by atoms with Gasteiger partial charge in [0.05, 0.1) is 13.2 Å². The minimum Gasteiger partial charge on any atom is -0.456 e. The van der Waals surface area contributed by atoms with Crippen LogP contribution in [0.5, 0.6) is 0 Å². The zero-order valence-electron chi connectivity index (χ0n) is 25.1. The summed E-state index contributed by atoms with van der Waals surface area (Å²) in [4.78, 5) is 71.4. The number of carbonyl (C=O) groups is 6. The first-order chi connectivity index (χ1) is 20.2. The van der Waals surface area contributed by atoms with Gasteiger partial charge in [0, 0.05) is 55.8 Å². The molecule has 0 aromatic heterocycles. The Morgan fingerprint density at radius 1 is 0.442 bits per heavy atom. The molecule has 0 radical (unpaired) electrons. The van der Waals surface area contributed by atoms with Gasteiger partial charge in [-0.1, -0.05) is 0 Å². The summed E-state index contributed by atoms with van der Waals surface area (Å²) in [6.45, 7) is 6.01. The van der Waals surface area contributed by atoms with Crippen LogP contribution in [0.25, 0.3) is 0 Å². The van der Waals surface area contributed by atoms with Crippen LogP contribution in [0, 0.1) is 0 Å². The van der Waals surface area contributed by atoms with Gasteiger partial charge in [-0.15, -0.1) is 0 Å². The van der Waals surface area contributed by atoms with Crippen molar-refractivity contribution in [3.8, 4) is 0 Å². The number of rotatable bonds is 12. The Labute approximate surface area is 247 Å². The van der Waals surface area contributed by atoms with Crippen molar-refractivity contribution >= 4 is 35.8 Å². The molecule has 0 bridgehead atoms. The van der Waals surface area contributed by atoms with Crippen molar-refractivity contribution < 1.29 is 80.9 Å². The van der Waals surface area contributed by atoms with Gasteiger partial charge in [0.25, 0.3) is 0 Å². The Morgan fingerprint density at radius 2 is 0.698 bits per heavy atom. The van der Waals surface area contributed by atoms with E-state index in [1.54, 1.807) is 0 Å². The number of hydrogen-bond acceptors (Lipinski definition) is 17. The molecule has 244 valence electrons. The van der Waals surface area contributed by atoms with Gasteiger partial charge >= 0.3 is 35.8 Å². The molecule has 2 aliphatic rings. The highest BCUT2D eigenvalue weighted by molar-refractivity contribution is 5.69. The Balaban J connectivity index is 2.34. The molecule has 0 unspecified atom stereocenters. The van der Waals surface area contributed by atoms with Gasteiger partial charge < -0.3 is 52.1 Å². The molecule has 0 aromatic carbocycles. The maximum absolute atomic E-state index is 12.0. The van der Waals surface area contributed by atoms with Gasteiger partial charge in [0.15, 0.2) is 49.2 Å². The molecule has 17 nitrogen and oxygen atoms in total. The summed E-state index contributed by atoms with van der Waals surface area (Å²) in [7, 11) is 2.52. The summed E-state index contributed by atoms with van der Waals surface area (Å²) in [5.74, 6) is -4.53. The Bertz CT molecular complexity index is 936. The van der Waals surface area contributed by atoms with E-state index < -0.39 is 97.2 Å². The summed E-state index contributed by atoms with van der Waals surface area (Å²) in [6.07, 6.45) is -12.7. The molecule has 2 aliphatic heterocycles. The molecule has 0 spiro atoms. The first kappa shape index (κ1) is 35.8. The zero-order valence-corrected chi connectivity index (χ0v) is 25.1. The molecule has 2 saturated heterocycles. The highest BCUT2D eigenvalue weighted by Crippen LogP contribution is 2.32. The molecule has 43 heavy (non-hydrogen) atoms. The van der Waals surface area contributed by atoms with Crippen LogP contribution in [0.4, 0.5) is 0 Å². The topological polar surface area (TPSA) is 204 Å². The second-order valence-corrected chi connectivity index (χ2v) is 9.54. The third-order valence-corrected chi connectivity index (χ3v) is 6.02. The number of carbonyl (C=O) groups excluding carboxylic acids is 6. The molecular weight excluding hydrogens is 584 g/mol. The summed E-state index contributed by atoms with van der Waals surface area (Å²) in [5, 5.41) is 0. The standard InChI is InChI=1S/C26H38O17/c1-11(27)36-19-17(42-25(33-7)23(40-15(5)31)21(19)38-13(3)29)9-35-10-18-20(37-12(2)28)22(39-14(4)30)24(41-16(6)32)26(34-8)43-18/h17-26H,9-10H2,1-8H3/t17-,18-,19-,20-,21+,22+,23-,24-,25+,26+/m1/s1. The molecule has 0 N–H and O–H groups in total. The zero-order chi connectivity index (χ0) is 32.4. The molecular formula is C26H38O17. The number of esters is 6. The third-order valence-electron chi connectivity index (χ3n) is 6.02. The highest BCUT2D eigenvalue weighted by Gasteiger charge is 2.54. The molecule has 0 saturated carbocycles. The fraction of sp³-hybridized carbons (Fsp3) is 0.769. The minimum atomic E-state index is -1.34.